The van der Waals surface area contributed by atoms with Gasteiger partial charge in [0.25, 0.3) is 0 Å². The first-order valence-corrected chi connectivity index (χ1v) is 6.58. The van der Waals surface area contributed by atoms with Crippen molar-refractivity contribution in [2.45, 2.75) is 0 Å². The van der Waals surface area contributed by atoms with Gasteiger partial charge in [-0.05, 0) is 12.1 Å². The van der Waals surface area contributed by atoms with Crippen LogP contribution in [-0.2, 0) is 4.79 Å². The second kappa shape index (κ2) is 7.34. The first-order chi connectivity index (χ1) is 10.1. The maximum atomic E-state index is 11.7. The summed E-state index contributed by atoms with van der Waals surface area (Å²) < 4.78 is 10.8. The molecule has 0 aromatic heterocycles. The van der Waals surface area contributed by atoms with Crippen LogP contribution in [0.25, 0.3) is 0 Å². The summed E-state index contributed by atoms with van der Waals surface area (Å²) in [6.45, 7) is 1.99. The summed E-state index contributed by atoms with van der Waals surface area (Å²) in [5, 5.41) is 8.04. The van der Waals surface area contributed by atoms with Gasteiger partial charge in [0.05, 0.1) is 6.54 Å². The van der Waals surface area contributed by atoms with Crippen LogP contribution < -0.4 is 31.2 Å². The monoisotopic (exact) mass is 294 g/mol. The highest BCUT2D eigenvalue weighted by molar-refractivity contribution is 5.92. The van der Waals surface area contributed by atoms with Crippen LogP contribution in [0.15, 0.2) is 18.2 Å². The Morgan fingerprint density at radius 3 is 2.67 bits per heavy atom. The van der Waals surface area contributed by atoms with Crippen molar-refractivity contribution in [2.24, 2.45) is 5.73 Å². The molecule has 1 aliphatic rings. The van der Waals surface area contributed by atoms with E-state index in [1.165, 1.54) is 0 Å². The number of hydrogen-bond acceptors (Lipinski definition) is 5. The summed E-state index contributed by atoms with van der Waals surface area (Å²) >= 11 is 0. The average Bonchev–Trinajstić information content (AvgIpc) is 2.46. The van der Waals surface area contributed by atoms with E-state index >= 15 is 0 Å². The van der Waals surface area contributed by atoms with Gasteiger partial charge in [-0.3, -0.25) is 4.79 Å². The van der Waals surface area contributed by atoms with Crippen LogP contribution in [0.1, 0.15) is 0 Å². The molecule has 0 aliphatic carbocycles. The summed E-state index contributed by atoms with van der Waals surface area (Å²) in [6.07, 6.45) is 0. The highest BCUT2D eigenvalue weighted by Crippen LogP contribution is 2.32. The Bertz CT molecular complexity index is 521. The first-order valence-electron chi connectivity index (χ1n) is 6.58. The van der Waals surface area contributed by atoms with Gasteiger partial charge in [-0.1, -0.05) is 0 Å². The molecule has 8 nitrogen and oxygen atoms in total. The number of carbonyl (C=O) groups is 2. The molecule has 21 heavy (non-hydrogen) atoms. The second-order valence-corrected chi connectivity index (χ2v) is 4.37. The minimum Gasteiger partial charge on any atom is -0.486 e. The highest BCUT2D eigenvalue weighted by atomic mass is 16.6. The molecule has 0 saturated heterocycles. The number of ether oxygens (including phenoxy) is 2. The molecule has 5 N–H and O–H groups in total. The van der Waals surface area contributed by atoms with Crippen molar-refractivity contribution in [3.63, 3.8) is 0 Å². The van der Waals surface area contributed by atoms with E-state index in [0.29, 0.717) is 43.5 Å². The molecule has 0 fully saturated rings. The number of anilines is 1. The molecule has 0 bridgehead atoms. The van der Waals surface area contributed by atoms with Gasteiger partial charge in [0.2, 0.25) is 5.91 Å². The summed E-state index contributed by atoms with van der Waals surface area (Å²) in [6, 6.07) is 4.65. The Hall–Kier alpha value is -2.48. The fourth-order valence-electron chi connectivity index (χ4n) is 1.80. The molecule has 0 atom stereocenters. The van der Waals surface area contributed by atoms with Crippen LogP contribution in [0.5, 0.6) is 11.5 Å². The fraction of sp³-hybridized carbons (Fsp3) is 0.385. The number of hydrogen-bond donors (Lipinski definition) is 4. The molecule has 8 heteroatoms. The number of benzene rings is 1. The molecule has 0 saturated carbocycles. The van der Waals surface area contributed by atoms with E-state index in [0.717, 1.165) is 0 Å². The zero-order valence-electron chi connectivity index (χ0n) is 11.5. The van der Waals surface area contributed by atoms with Gasteiger partial charge in [-0.15, -0.1) is 0 Å². The highest BCUT2D eigenvalue weighted by Gasteiger charge is 2.12. The maximum absolute atomic E-state index is 11.7. The summed E-state index contributed by atoms with van der Waals surface area (Å²) in [5.74, 6) is 1.11. The van der Waals surface area contributed by atoms with Gasteiger partial charge in [0.1, 0.15) is 13.2 Å². The summed E-state index contributed by atoms with van der Waals surface area (Å²) in [4.78, 5) is 22.2. The maximum Gasteiger partial charge on any atom is 0.312 e. The second-order valence-electron chi connectivity index (χ2n) is 4.37. The van der Waals surface area contributed by atoms with Gasteiger partial charge < -0.3 is 31.2 Å². The van der Waals surface area contributed by atoms with Crippen LogP contribution in [-0.4, -0.2) is 44.8 Å². The summed E-state index contributed by atoms with van der Waals surface area (Å²) in [7, 11) is 0. The van der Waals surface area contributed by atoms with Crippen molar-refractivity contribution in [2.75, 3.05) is 38.2 Å². The molecule has 1 aromatic carbocycles. The third kappa shape index (κ3) is 4.84. The molecule has 0 radical (unpaired) electrons. The Balaban J connectivity index is 1.73. The average molecular weight is 294 g/mol. The van der Waals surface area contributed by atoms with E-state index in [1.54, 1.807) is 18.2 Å². The molecule has 0 unspecified atom stereocenters. The van der Waals surface area contributed by atoms with Crippen LogP contribution >= 0.6 is 0 Å². The molecular weight excluding hydrogens is 276 g/mol. The van der Waals surface area contributed by atoms with Crippen molar-refractivity contribution in [3.05, 3.63) is 18.2 Å². The van der Waals surface area contributed by atoms with Crippen molar-refractivity contribution in [3.8, 4) is 11.5 Å². The minimum atomic E-state index is -0.586. The standard InChI is InChI=1S/C13H18N4O4/c14-13(19)16-4-3-15-8-12(18)17-9-1-2-10-11(7-9)21-6-5-20-10/h1-2,7,15H,3-6,8H2,(H,17,18)(H3,14,16,19). The Morgan fingerprint density at radius 1 is 1.14 bits per heavy atom. The number of nitrogens with one attached hydrogen (secondary N) is 3. The topological polar surface area (TPSA) is 115 Å². The molecular formula is C13H18N4O4. The van der Waals surface area contributed by atoms with E-state index in [-0.39, 0.29) is 12.5 Å². The van der Waals surface area contributed by atoms with Crippen LogP contribution in [0.4, 0.5) is 10.5 Å². The molecule has 3 amide bonds. The van der Waals surface area contributed by atoms with E-state index in [9.17, 15) is 9.59 Å². The number of primary amides is 1. The van der Waals surface area contributed by atoms with Gasteiger partial charge in [-0.2, -0.15) is 0 Å². The normalized spacial score (nSPS) is 12.6. The zero-order valence-corrected chi connectivity index (χ0v) is 11.5. The Morgan fingerprint density at radius 2 is 1.90 bits per heavy atom. The molecule has 0 spiro atoms. The van der Waals surface area contributed by atoms with Crippen molar-refractivity contribution >= 4 is 17.6 Å². The lowest BCUT2D eigenvalue weighted by molar-refractivity contribution is -0.115. The van der Waals surface area contributed by atoms with Crippen LogP contribution in [0, 0.1) is 0 Å². The number of carbonyl (C=O) groups excluding carboxylic acids is 2. The minimum absolute atomic E-state index is 0.134. The van der Waals surface area contributed by atoms with Gasteiger partial charge in [0.15, 0.2) is 11.5 Å². The first kappa shape index (κ1) is 14.9. The third-order valence-electron chi connectivity index (χ3n) is 2.71. The van der Waals surface area contributed by atoms with Gasteiger partial charge in [0, 0.05) is 24.8 Å². The SMILES string of the molecule is NC(=O)NCCNCC(=O)Nc1ccc2c(c1)OCCO2. The number of amides is 3. The van der Waals surface area contributed by atoms with Crippen LogP contribution in [0.2, 0.25) is 0 Å². The van der Waals surface area contributed by atoms with Crippen molar-refractivity contribution in [1.29, 1.82) is 0 Å². The van der Waals surface area contributed by atoms with Crippen molar-refractivity contribution in [1.82, 2.24) is 10.6 Å². The van der Waals surface area contributed by atoms with Crippen molar-refractivity contribution < 1.29 is 19.1 Å². The molecule has 1 aromatic rings. The Kier molecular flexibility index (Phi) is 5.22. The van der Waals surface area contributed by atoms with E-state index < -0.39 is 6.03 Å². The quantitative estimate of drug-likeness (QED) is 0.536. The molecule has 1 aliphatic heterocycles. The van der Waals surface area contributed by atoms with Gasteiger partial charge in [-0.25, -0.2) is 4.79 Å². The smallest absolute Gasteiger partial charge is 0.312 e. The van der Waals surface area contributed by atoms with E-state index in [2.05, 4.69) is 16.0 Å². The predicted molar refractivity (Wildman–Crippen MR) is 76.5 cm³/mol. The number of nitrogens with two attached hydrogens (primary N) is 1. The summed E-state index contributed by atoms with van der Waals surface area (Å²) in [5.41, 5.74) is 5.55. The van der Waals surface area contributed by atoms with E-state index in [4.69, 9.17) is 15.2 Å². The van der Waals surface area contributed by atoms with Crippen LogP contribution in [0.3, 0.4) is 0 Å². The lowest BCUT2D eigenvalue weighted by Gasteiger charge is -2.19. The molecule has 2 rings (SSSR count). The van der Waals surface area contributed by atoms with Gasteiger partial charge >= 0.3 is 6.03 Å². The van der Waals surface area contributed by atoms with E-state index in [1.807, 2.05) is 0 Å². The Labute approximate surface area is 122 Å². The number of urea groups is 1. The lowest BCUT2D eigenvalue weighted by atomic mass is 10.2. The number of rotatable bonds is 6. The fourth-order valence-corrected chi connectivity index (χ4v) is 1.80. The lowest BCUT2D eigenvalue weighted by Crippen LogP contribution is -2.37. The largest absolute Gasteiger partial charge is 0.486 e. The number of fused-ring (bicyclic) bond motifs is 1. The predicted octanol–water partition coefficient (Wildman–Crippen LogP) is -0.346. The molecule has 1 heterocycles. The third-order valence-corrected chi connectivity index (χ3v) is 2.71. The molecule has 114 valence electrons. The zero-order chi connectivity index (χ0) is 15.1.